The van der Waals surface area contributed by atoms with Crippen LogP contribution in [0, 0.1) is 18.3 Å². The minimum absolute atomic E-state index is 0.0767. The van der Waals surface area contributed by atoms with Crippen LogP contribution in [0.25, 0.3) is 0 Å². The summed E-state index contributed by atoms with van der Waals surface area (Å²) in [6.45, 7) is 4.09. The predicted molar refractivity (Wildman–Crippen MR) is 84.0 cm³/mol. The van der Waals surface area contributed by atoms with Gasteiger partial charge >= 0.3 is 0 Å². The van der Waals surface area contributed by atoms with Crippen molar-refractivity contribution in [1.82, 2.24) is 0 Å². The third-order valence-electron chi connectivity index (χ3n) is 3.09. The lowest BCUT2D eigenvalue weighted by atomic mass is 10.1. The van der Waals surface area contributed by atoms with E-state index in [2.05, 4.69) is 16.7 Å². The lowest BCUT2D eigenvalue weighted by Crippen LogP contribution is -2.07. The maximum absolute atomic E-state index is 11.1. The molecule has 4 nitrogen and oxygen atoms in total. The van der Waals surface area contributed by atoms with Crippen molar-refractivity contribution >= 4 is 17.3 Å². The van der Waals surface area contributed by atoms with E-state index in [0.29, 0.717) is 12.1 Å². The number of hydrogen-bond acceptors (Lipinski definition) is 3. The Kier molecular flexibility index (Phi) is 4.57. The van der Waals surface area contributed by atoms with Gasteiger partial charge < -0.3 is 10.6 Å². The number of aryl methyl sites for hydroxylation is 1. The Morgan fingerprint density at radius 3 is 2.71 bits per heavy atom. The Hall–Kier alpha value is -2.80. The van der Waals surface area contributed by atoms with Crippen LogP contribution in [0.5, 0.6) is 0 Å². The predicted octanol–water partition coefficient (Wildman–Crippen LogP) is 3.44. The Morgan fingerprint density at radius 1 is 1.24 bits per heavy atom. The normalized spacial score (nSPS) is 9.76. The second kappa shape index (κ2) is 6.58. The summed E-state index contributed by atoms with van der Waals surface area (Å²) in [6.07, 6.45) is 0. The van der Waals surface area contributed by atoms with Crippen molar-refractivity contribution in [1.29, 1.82) is 5.26 Å². The van der Waals surface area contributed by atoms with Crippen LogP contribution in [0.4, 0.5) is 11.4 Å². The van der Waals surface area contributed by atoms with Crippen molar-refractivity contribution in [2.45, 2.75) is 20.4 Å². The molecule has 0 bridgehead atoms. The number of amides is 1. The molecular formula is C17H17N3O. The molecule has 0 aromatic heterocycles. The van der Waals surface area contributed by atoms with E-state index in [9.17, 15) is 4.79 Å². The molecule has 0 aliphatic carbocycles. The first-order valence-electron chi connectivity index (χ1n) is 6.69. The van der Waals surface area contributed by atoms with Crippen molar-refractivity contribution in [2.24, 2.45) is 0 Å². The highest BCUT2D eigenvalue weighted by Crippen LogP contribution is 2.20. The molecule has 2 aromatic rings. The number of nitrogens with one attached hydrogen (secondary N) is 2. The van der Waals surface area contributed by atoms with Gasteiger partial charge in [0.25, 0.3) is 0 Å². The molecular weight excluding hydrogens is 262 g/mol. The number of carbonyl (C=O) groups excluding carboxylic acids is 1. The van der Waals surface area contributed by atoms with Crippen LogP contribution < -0.4 is 10.6 Å². The van der Waals surface area contributed by atoms with Crippen LogP contribution in [0.1, 0.15) is 23.6 Å². The zero-order valence-electron chi connectivity index (χ0n) is 12.1. The molecule has 21 heavy (non-hydrogen) atoms. The van der Waals surface area contributed by atoms with Gasteiger partial charge in [-0.3, -0.25) is 4.79 Å². The molecule has 2 aromatic carbocycles. The summed E-state index contributed by atoms with van der Waals surface area (Å²) >= 11 is 0. The molecule has 4 heteroatoms. The Morgan fingerprint density at radius 2 is 2.05 bits per heavy atom. The third kappa shape index (κ3) is 4.08. The van der Waals surface area contributed by atoms with Crippen LogP contribution in [-0.4, -0.2) is 5.91 Å². The van der Waals surface area contributed by atoms with Gasteiger partial charge in [0.1, 0.15) is 0 Å². The van der Waals surface area contributed by atoms with Crippen molar-refractivity contribution in [3.05, 3.63) is 59.2 Å². The van der Waals surface area contributed by atoms with Gasteiger partial charge in [-0.1, -0.05) is 12.1 Å². The highest BCUT2D eigenvalue weighted by molar-refractivity contribution is 5.89. The summed E-state index contributed by atoms with van der Waals surface area (Å²) in [7, 11) is 0. The van der Waals surface area contributed by atoms with Gasteiger partial charge in [0.05, 0.1) is 11.6 Å². The molecule has 106 valence electrons. The van der Waals surface area contributed by atoms with Crippen molar-refractivity contribution in [3.63, 3.8) is 0 Å². The van der Waals surface area contributed by atoms with Gasteiger partial charge in [0.15, 0.2) is 0 Å². The van der Waals surface area contributed by atoms with Gasteiger partial charge in [-0.05, 0) is 48.4 Å². The summed E-state index contributed by atoms with van der Waals surface area (Å²) in [4.78, 5) is 11.1. The minimum atomic E-state index is -0.0767. The molecule has 0 aliphatic heterocycles. The van der Waals surface area contributed by atoms with Crippen LogP contribution in [0.15, 0.2) is 42.5 Å². The molecule has 0 unspecified atom stereocenters. The molecule has 2 rings (SSSR count). The summed E-state index contributed by atoms with van der Waals surface area (Å²) in [5.41, 5.74) is 4.51. The average molecular weight is 279 g/mol. The molecule has 0 spiro atoms. The molecule has 0 aliphatic rings. The largest absolute Gasteiger partial charge is 0.381 e. The van der Waals surface area contributed by atoms with Gasteiger partial charge in [0.2, 0.25) is 5.91 Å². The topological polar surface area (TPSA) is 64.9 Å². The molecule has 0 saturated heterocycles. The van der Waals surface area contributed by atoms with E-state index in [1.165, 1.54) is 6.92 Å². The molecule has 0 atom stereocenters. The number of nitriles is 1. The van der Waals surface area contributed by atoms with Crippen LogP contribution in [0.2, 0.25) is 0 Å². The third-order valence-corrected chi connectivity index (χ3v) is 3.09. The molecule has 1 amide bonds. The Labute approximate surface area is 124 Å². The second-order valence-corrected chi connectivity index (χ2v) is 4.88. The van der Waals surface area contributed by atoms with Crippen molar-refractivity contribution < 1.29 is 4.79 Å². The van der Waals surface area contributed by atoms with Crippen LogP contribution in [-0.2, 0) is 11.3 Å². The van der Waals surface area contributed by atoms with Gasteiger partial charge in [-0.15, -0.1) is 0 Å². The fourth-order valence-corrected chi connectivity index (χ4v) is 2.06. The van der Waals surface area contributed by atoms with Crippen molar-refractivity contribution in [2.75, 3.05) is 10.6 Å². The van der Waals surface area contributed by atoms with E-state index in [0.717, 1.165) is 22.5 Å². The van der Waals surface area contributed by atoms with Crippen LogP contribution in [0.3, 0.4) is 0 Å². The van der Waals surface area contributed by atoms with Crippen molar-refractivity contribution in [3.8, 4) is 6.07 Å². The first kappa shape index (κ1) is 14.6. The molecule has 0 radical (unpaired) electrons. The smallest absolute Gasteiger partial charge is 0.221 e. The summed E-state index contributed by atoms with van der Waals surface area (Å²) in [5, 5.41) is 15.0. The lowest BCUT2D eigenvalue weighted by molar-refractivity contribution is -0.114. The van der Waals surface area contributed by atoms with E-state index < -0.39 is 0 Å². The zero-order valence-corrected chi connectivity index (χ0v) is 12.1. The van der Waals surface area contributed by atoms with E-state index in [4.69, 9.17) is 5.26 Å². The zero-order chi connectivity index (χ0) is 15.2. The van der Waals surface area contributed by atoms with Gasteiger partial charge in [-0.25, -0.2) is 0 Å². The summed E-state index contributed by atoms with van der Waals surface area (Å²) in [5.74, 6) is -0.0767. The van der Waals surface area contributed by atoms with E-state index in [-0.39, 0.29) is 5.91 Å². The fourth-order valence-electron chi connectivity index (χ4n) is 2.06. The van der Waals surface area contributed by atoms with E-state index in [1.807, 2.05) is 43.3 Å². The molecule has 2 N–H and O–H groups in total. The fraction of sp³-hybridized carbons (Fsp3) is 0.176. The minimum Gasteiger partial charge on any atom is -0.381 e. The SMILES string of the molecule is CC(=O)Nc1ccc(NCc2cccc(C#N)c2)cc1C. The average Bonchev–Trinajstić information content (AvgIpc) is 2.47. The molecule has 0 heterocycles. The van der Waals surface area contributed by atoms with E-state index >= 15 is 0 Å². The standard InChI is InChI=1S/C17H17N3O/c1-12-8-16(6-7-17(12)20-13(2)21)19-11-15-5-3-4-14(9-15)10-18/h3-9,19H,11H2,1-2H3,(H,20,21). The quantitative estimate of drug-likeness (QED) is 0.901. The van der Waals surface area contributed by atoms with E-state index in [1.54, 1.807) is 6.07 Å². The maximum Gasteiger partial charge on any atom is 0.221 e. The number of benzene rings is 2. The maximum atomic E-state index is 11.1. The number of rotatable bonds is 4. The number of nitrogens with zero attached hydrogens (tertiary/aromatic N) is 1. The molecule has 0 saturated carbocycles. The number of carbonyl (C=O) groups is 1. The summed E-state index contributed by atoms with van der Waals surface area (Å²) in [6, 6.07) is 15.4. The van der Waals surface area contributed by atoms with Gasteiger partial charge in [-0.2, -0.15) is 5.26 Å². The number of anilines is 2. The second-order valence-electron chi connectivity index (χ2n) is 4.88. The number of hydrogen-bond donors (Lipinski definition) is 2. The summed E-state index contributed by atoms with van der Waals surface area (Å²) < 4.78 is 0. The first-order valence-corrected chi connectivity index (χ1v) is 6.69. The molecule has 0 fully saturated rings. The monoisotopic (exact) mass is 279 g/mol. The lowest BCUT2D eigenvalue weighted by Gasteiger charge is -2.11. The first-order chi connectivity index (χ1) is 10.1. The highest BCUT2D eigenvalue weighted by Gasteiger charge is 2.02. The highest BCUT2D eigenvalue weighted by atomic mass is 16.1. The Balaban J connectivity index is 2.05. The Bertz CT molecular complexity index is 701. The van der Waals surface area contributed by atoms with Gasteiger partial charge in [0, 0.05) is 24.8 Å². The van der Waals surface area contributed by atoms with Crippen LogP contribution >= 0.6 is 0 Å².